The number of rotatable bonds is 6. The SMILES string of the molecule is COc1cc(Cl)c(C)cc1NC(=O)CN1CCN(S(=O)(=O)c2ccc(C)cc2)CC1. The number of halogens is 1. The van der Waals surface area contributed by atoms with Crippen molar-refractivity contribution in [3.05, 3.63) is 52.5 Å². The van der Waals surface area contributed by atoms with E-state index < -0.39 is 10.0 Å². The summed E-state index contributed by atoms with van der Waals surface area (Å²) < 4.78 is 32.4. The van der Waals surface area contributed by atoms with Gasteiger partial charge in [0.05, 0.1) is 24.2 Å². The zero-order chi connectivity index (χ0) is 21.9. The van der Waals surface area contributed by atoms with Gasteiger partial charge in [0.25, 0.3) is 0 Å². The van der Waals surface area contributed by atoms with E-state index in [1.165, 1.54) is 11.4 Å². The number of benzene rings is 2. The van der Waals surface area contributed by atoms with Crippen LogP contribution in [0.4, 0.5) is 5.69 Å². The Morgan fingerprint density at radius 3 is 2.33 bits per heavy atom. The van der Waals surface area contributed by atoms with Crippen LogP contribution in [-0.4, -0.2) is 63.4 Å². The highest BCUT2D eigenvalue weighted by Gasteiger charge is 2.29. The molecule has 1 N–H and O–H groups in total. The molecule has 30 heavy (non-hydrogen) atoms. The maximum absolute atomic E-state index is 12.8. The highest BCUT2D eigenvalue weighted by Crippen LogP contribution is 2.31. The molecule has 0 spiro atoms. The molecule has 1 heterocycles. The van der Waals surface area contributed by atoms with Gasteiger partial charge in [-0.15, -0.1) is 0 Å². The molecule has 0 aromatic heterocycles. The Balaban J connectivity index is 1.58. The Morgan fingerprint density at radius 2 is 1.73 bits per heavy atom. The van der Waals surface area contributed by atoms with Crippen LogP contribution in [0.2, 0.25) is 5.02 Å². The van der Waals surface area contributed by atoms with E-state index in [0.29, 0.717) is 47.5 Å². The number of hydrogen-bond donors (Lipinski definition) is 1. The van der Waals surface area contributed by atoms with Crippen LogP contribution in [0.5, 0.6) is 5.75 Å². The molecule has 0 aliphatic carbocycles. The molecule has 0 bridgehead atoms. The van der Waals surface area contributed by atoms with Crippen LogP contribution >= 0.6 is 11.6 Å². The summed E-state index contributed by atoms with van der Waals surface area (Å²) in [7, 11) is -2.00. The van der Waals surface area contributed by atoms with Crippen LogP contribution < -0.4 is 10.1 Å². The van der Waals surface area contributed by atoms with Gasteiger partial charge in [0.1, 0.15) is 5.75 Å². The summed E-state index contributed by atoms with van der Waals surface area (Å²) in [6.45, 7) is 5.58. The largest absolute Gasteiger partial charge is 0.495 e. The topological polar surface area (TPSA) is 79.0 Å². The third kappa shape index (κ3) is 5.13. The Hall–Kier alpha value is -2.13. The summed E-state index contributed by atoms with van der Waals surface area (Å²) in [5.41, 5.74) is 2.41. The second-order valence-corrected chi connectivity index (χ2v) is 9.69. The number of sulfonamides is 1. The van der Waals surface area contributed by atoms with Gasteiger partial charge in [-0.2, -0.15) is 4.31 Å². The summed E-state index contributed by atoms with van der Waals surface area (Å²) in [5.74, 6) is 0.304. The lowest BCUT2D eigenvalue weighted by molar-refractivity contribution is -0.117. The summed E-state index contributed by atoms with van der Waals surface area (Å²) in [6, 6.07) is 10.3. The van der Waals surface area contributed by atoms with Gasteiger partial charge in [0, 0.05) is 37.3 Å². The second-order valence-electron chi connectivity index (χ2n) is 7.34. The zero-order valence-corrected chi connectivity index (χ0v) is 18.9. The molecule has 1 amide bonds. The number of carbonyl (C=O) groups is 1. The number of ether oxygens (including phenoxy) is 1. The van der Waals surface area contributed by atoms with Gasteiger partial charge in [-0.25, -0.2) is 8.42 Å². The van der Waals surface area contributed by atoms with E-state index >= 15 is 0 Å². The van der Waals surface area contributed by atoms with Crippen molar-refractivity contribution in [1.82, 2.24) is 9.21 Å². The van der Waals surface area contributed by atoms with Crippen molar-refractivity contribution in [3.63, 3.8) is 0 Å². The van der Waals surface area contributed by atoms with Gasteiger partial charge in [-0.05, 0) is 37.6 Å². The van der Waals surface area contributed by atoms with Crippen molar-refractivity contribution in [2.24, 2.45) is 0 Å². The van der Waals surface area contributed by atoms with E-state index in [-0.39, 0.29) is 12.5 Å². The lowest BCUT2D eigenvalue weighted by Crippen LogP contribution is -2.50. The average molecular weight is 452 g/mol. The summed E-state index contributed by atoms with van der Waals surface area (Å²) >= 11 is 6.10. The minimum atomic E-state index is -3.52. The smallest absolute Gasteiger partial charge is 0.243 e. The molecule has 0 radical (unpaired) electrons. The molecular weight excluding hydrogens is 426 g/mol. The summed E-state index contributed by atoms with van der Waals surface area (Å²) in [4.78, 5) is 14.7. The fourth-order valence-corrected chi connectivity index (χ4v) is 4.89. The fourth-order valence-electron chi connectivity index (χ4n) is 3.31. The number of piperazine rings is 1. The van der Waals surface area contributed by atoms with E-state index in [1.807, 2.05) is 18.7 Å². The van der Waals surface area contributed by atoms with Crippen molar-refractivity contribution in [1.29, 1.82) is 0 Å². The Labute approximate surface area is 182 Å². The van der Waals surface area contributed by atoms with Crippen molar-refractivity contribution in [2.45, 2.75) is 18.7 Å². The van der Waals surface area contributed by atoms with Crippen LogP contribution in [0.25, 0.3) is 0 Å². The molecule has 1 fully saturated rings. The van der Waals surface area contributed by atoms with Crippen molar-refractivity contribution >= 4 is 33.2 Å². The maximum atomic E-state index is 12.8. The first kappa shape index (κ1) is 22.6. The number of carbonyl (C=O) groups excluding carboxylic acids is 1. The van der Waals surface area contributed by atoms with Gasteiger partial charge in [0.15, 0.2) is 0 Å². The molecule has 7 nitrogen and oxygen atoms in total. The van der Waals surface area contributed by atoms with E-state index in [9.17, 15) is 13.2 Å². The summed E-state index contributed by atoms with van der Waals surface area (Å²) in [6.07, 6.45) is 0. The number of nitrogens with one attached hydrogen (secondary N) is 1. The van der Waals surface area contributed by atoms with Crippen molar-refractivity contribution in [3.8, 4) is 5.75 Å². The first-order chi connectivity index (χ1) is 14.2. The van der Waals surface area contributed by atoms with E-state index in [1.54, 1.807) is 36.4 Å². The van der Waals surface area contributed by atoms with Gasteiger partial charge >= 0.3 is 0 Å². The molecule has 0 atom stereocenters. The second kappa shape index (κ2) is 9.34. The molecule has 1 aliphatic rings. The maximum Gasteiger partial charge on any atom is 0.243 e. The molecule has 9 heteroatoms. The van der Waals surface area contributed by atoms with E-state index in [0.717, 1.165) is 11.1 Å². The quantitative estimate of drug-likeness (QED) is 0.730. The number of anilines is 1. The minimum Gasteiger partial charge on any atom is -0.495 e. The van der Waals surface area contributed by atoms with Crippen LogP contribution in [0.1, 0.15) is 11.1 Å². The Morgan fingerprint density at radius 1 is 1.10 bits per heavy atom. The molecular formula is C21H26ClN3O4S. The number of hydrogen-bond acceptors (Lipinski definition) is 5. The van der Waals surface area contributed by atoms with Crippen molar-refractivity contribution < 1.29 is 17.9 Å². The van der Waals surface area contributed by atoms with Gasteiger partial charge in [0.2, 0.25) is 15.9 Å². The van der Waals surface area contributed by atoms with Gasteiger partial charge in [-0.1, -0.05) is 29.3 Å². The lowest BCUT2D eigenvalue weighted by atomic mass is 10.2. The lowest BCUT2D eigenvalue weighted by Gasteiger charge is -2.33. The molecule has 1 aliphatic heterocycles. The fraction of sp³-hybridized carbons (Fsp3) is 0.381. The highest BCUT2D eigenvalue weighted by molar-refractivity contribution is 7.89. The van der Waals surface area contributed by atoms with Crippen LogP contribution in [0.15, 0.2) is 41.3 Å². The van der Waals surface area contributed by atoms with Gasteiger partial charge < -0.3 is 10.1 Å². The molecule has 3 rings (SSSR count). The number of nitrogens with zero attached hydrogens (tertiary/aromatic N) is 2. The third-order valence-electron chi connectivity index (χ3n) is 5.11. The first-order valence-electron chi connectivity index (χ1n) is 9.64. The number of methoxy groups -OCH3 is 1. The third-order valence-corrected chi connectivity index (χ3v) is 7.43. The van der Waals surface area contributed by atoms with E-state index in [4.69, 9.17) is 16.3 Å². The standard InChI is InChI=1S/C21H26ClN3O4S/c1-15-4-6-17(7-5-15)30(27,28)25-10-8-24(9-11-25)14-21(26)23-19-12-16(2)18(22)13-20(19)29-3/h4-7,12-13H,8-11,14H2,1-3H3,(H,23,26). The molecule has 0 unspecified atom stereocenters. The van der Waals surface area contributed by atoms with Crippen LogP contribution in [0, 0.1) is 13.8 Å². The monoisotopic (exact) mass is 451 g/mol. The first-order valence-corrected chi connectivity index (χ1v) is 11.5. The van der Waals surface area contributed by atoms with Gasteiger partial charge in [-0.3, -0.25) is 9.69 Å². The van der Waals surface area contributed by atoms with Crippen LogP contribution in [-0.2, 0) is 14.8 Å². The molecule has 2 aromatic carbocycles. The normalized spacial score (nSPS) is 15.7. The molecule has 1 saturated heterocycles. The molecule has 2 aromatic rings. The Bertz CT molecular complexity index is 1020. The predicted molar refractivity (Wildman–Crippen MR) is 118 cm³/mol. The minimum absolute atomic E-state index is 0.170. The van der Waals surface area contributed by atoms with Crippen LogP contribution in [0.3, 0.4) is 0 Å². The number of amides is 1. The molecule has 162 valence electrons. The predicted octanol–water partition coefficient (Wildman–Crippen LogP) is 2.91. The van der Waals surface area contributed by atoms with E-state index in [2.05, 4.69) is 5.32 Å². The summed E-state index contributed by atoms with van der Waals surface area (Å²) in [5, 5.41) is 3.42. The Kier molecular flexibility index (Phi) is 7.02. The zero-order valence-electron chi connectivity index (χ0n) is 17.3. The van der Waals surface area contributed by atoms with Crippen molar-refractivity contribution in [2.75, 3.05) is 45.2 Å². The highest BCUT2D eigenvalue weighted by atomic mass is 35.5. The average Bonchev–Trinajstić information content (AvgIpc) is 2.71. The number of aryl methyl sites for hydroxylation is 2. The molecule has 0 saturated carbocycles.